The minimum atomic E-state index is -3.16. The van der Waals surface area contributed by atoms with Crippen LogP contribution in [-0.2, 0) is 9.84 Å². The third kappa shape index (κ3) is 5.63. The second kappa shape index (κ2) is 7.58. The van der Waals surface area contributed by atoms with Crippen LogP contribution in [0.4, 0.5) is 9.18 Å². The molecule has 0 fully saturated rings. The van der Waals surface area contributed by atoms with Gasteiger partial charge in [0.2, 0.25) is 0 Å². The summed E-state index contributed by atoms with van der Waals surface area (Å²) in [6.45, 7) is 5.69. The van der Waals surface area contributed by atoms with Gasteiger partial charge in [0, 0.05) is 18.8 Å². The molecule has 0 aliphatic heterocycles. The van der Waals surface area contributed by atoms with Crippen molar-refractivity contribution < 1.29 is 17.6 Å². The maximum atomic E-state index is 12.9. The van der Waals surface area contributed by atoms with Crippen LogP contribution in [0.2, 0.25) is 0 Å². The molecule has 0 aromatic heterocycles. The van der Waals surface area contributed by atoms with Crippen LogP contribution < -0.4 is 5.32 Å². The molecule has 0 radical (unpaired) electrons. The molecular weight excluding hydrogens is 307 g/mol. The van der Waals surface area contributed by atoms with Gasteiger partial charge in [0.05, 0.1) is 11.8 Å². The van der Waals surface area contributed by atoms with Gasteiger partial charge in [-0.1, -0.05) is 12.1 Å². The lowest BCUT2D eigenvalue weighted by molar-refractivity contribution is 0.184. The van der Waals surface area contributed by atoms with E-state index in [0.29, 0.717) is 6.54 Å². The summed E-state index contributed by atoms with van der Waals surface area (Å²) in [5, 5.41) is 2.80. The average Bonchev–Trinajstić information content (AvgIpc) is 2.37. The first-order chi connectivity index (χ1) is 10.1. The van der Waals surface area contributed by atoms with Crippen molar-refractivity contribution in [2.45, 2.75) is 32.9 Å². The molecule has 1 aromatic rings. The number of carbonyl (C=O) groups excluding carboxylic acids is 1. The monoisotopic (exact) mass is 330 g/mol. The van der Waals surface area contributed by atoms with Crippen molar-refractivity contribution in [2.24, 2.45) is 0 Å². The maximum absolute atomic E-state index is 12.9. The highest BCUT2D eigenvalue weighted by molar-refractivity contribution is 7.90. The van der Waals surface area contributed by atoms with E-state index >= 15 is 0 Å². The quantitative estimate of drug-likeness (QED) is 0.871. The minimum absolute atomic E-state index is 0.0841. The SMILES string of the molecule is CCN(C(=O)N[C@@H](C)c1ccc(F)cc1)[C@H](C)CS(C)(=O)=O. The minimum Gasteiger partial charge on any atom is -0.331 e. The fourth-order valence-corrected chi connectivity index (χ4v) is 3.34. The Balaban J connectivity index is 2.74. The third-order valence-corrected chi connectivity index (χ3v) is 4.48. The van der Waals surface area contributed by atoms with Crippen LogP contribution >= 0.6 is 0 Å². The van der Waals surface area contributed by atoms with Crippen LogP contribution in [-0.4, -0.2) is 43.9 Å². The Hall–Kier alpha value is -1.63. The zero-order valence-corrected chi connectivity index (χ0v) is 14.2. The molecule has 0 saturated carbocycles. The lowest BCUT2D eigenvalue weighted by Crippen LogP contribution is -2.47. The highest BCUT2D eigenvalue weighted by atomic mass is 32.2. The van der Waals surface area contributed by atoms with Crippen molar-refractivity contribution in [1.29, 1.82) is 0 Å². The average molecular weight is 330 g/mol. The van der Waals surface area contributed by atoms with Crippen LogP contribution in [0.5, 0.6) is 0 Å². The van der Waals surface area contributed by atoms with Crippen molar-refractivity contribution in [2.75, 3.05) is 18.6 Å². The van der Waals surface area contributed by atoms with Gasteiger partial charge in [0.25, 0.3) is 0 Å². The second-order valence-corrected chi connectivity index (χ2v) is 7.64. The summed E-state index contributed by atoms with van der Waals surface area (Å²) in [7, 11) is -3.16. The van der Waals surface area contributed by atoms with E-state index in [1.165, 1.54) is 17.0 Å². The van der Waals surface area contributed by atoms with E-state index in [1.54, 1.807) is 32.9 Å². The fraction of sp³-hybridized carbons (Fsp3) is 0.533. The van der Waals surface area contributed by atoms with Crippen molar-refractivity contribution in [3.63, 3.8) is 0 Å². The number of nitrogens with zero attached hydrogens (tertiary/aromatic N) is 1. The number of nitrogens with one attached hydrogen (secondary N) is 1. The zero-order chi connectivity index (χ0) is 16.9. The molecule has 0 aliphatic carbocycles. The lowest BCUT2D eigenvalue weighted by Gasteiger charge is -2.29. The summed E-state index contributed by atoms with van der Waals surface area (Å²) in [5.74, 6) is -0.418. The van der Waals surface area contributed by atoms with Gasteiger partial charge in [0.15, 0.2) is 0 Å². The molecule has 2 atom stereocenters. The number of rotatable bonds is 6. The lowest BCUT2D eigenvalue weighted by atomic mass is 10.1. The number of urea groups is 1. The van der Waals surface area contributed by atoms with Gasteiger partial charge < -0.3 is 10.2 Å². The van der Waals surface area contributed by atoms with Gasteiger partial charge in [-0.2, -0.15) is 0 Å². The normalized spacial score (nSPS) is 14.2. The first-order valence-electron chi connectivity index (χ1n) is 7.14. The predicted molar refractivity (Wildman–Crippen MR) is 84.9 cm³/mol. The molecule has 1 N–H and O–H groups in total. The van der Waals surface area contributed by atoms with Crippen LogP contribution in [0.1, 0.15) is 32.4 Å². The highest BCUT2D eigenvalue weighted by Gasteiger charge is 2.23. The van der Waals surface area contributed by atoms with E-state index < -0.39 is 15.9 Å². The molecular formula is C15H23FN2O3S. The molecule has 5 nitrogen and oxygen atoms in total. The molecule has 0 bridgehead atoms. The fourth-order valence-electron chi connectivity index (χ4n) is 2.29. The standard InChI is InChI=1S/C15H23FN2O3S/c1-5-18(11(2)10-22(4,20)21)15(19)17-12(3)13-6-8-14(16)9-7-13/h6-9,11-12H,5,10H2,1-4H3,(H,17,19)/t11-,12+/m1/s1. The van der Waals surface area contributed by atoms with Gasteiger partial charge in [-0.25, -0.2) is 17.6 Å². The van der Waals surface area contributed by atoms with Crippen molar-refractivity contribution in [1.82, 2.24) is 10.2 Å². The summed E-state index contributed by atoms with van der Waals surface area (Å²) in [5.41, 5.74) is 0.779. The van der Waals surface area contributed by atoms with Crippen LogP contribution in [0.25, 0.3) is 0 Å². The molecule has 1 rings (SSSR count). The largest absolute Gasteiger partial charge is 0.331 e. The molecule has 0 saturated heterocycles. The molecule has 0 unspecified atom stereocenters. The van der Waals surface area contributed by atoms with Gasteiger partial charge in [-0.15, -0.1) is 0 Å². The van der Waals surface area contributed by atoms with E-state index in [2.05, 4.69) is 5.32 Å². The van der Waals surface area contributed by atoms with Gasteiger partial charge in [0.1, 0.15) is 15.7 Å². The Kier molecular flexibility index (Phi) is 6.34. The maximum Gasteiger partial charge on any atom is 0.318 e. The number of hydrogen-bond donors (Lipinski definition) is 1. The Morgan fingerprint density at radius 1 is 1.27 bits per heavy atom. The van der Waals surface area contributed by atoms with Gasteiger partial charge >= 0.3 is 6.03 Å². The summed E-state index contributed by atoms with van der Waals surface area (Å²) >= 11 is 0. The molecule has 124 valence electrons. The van der Waals surface area contributed by atoms with Crippen molar-refractivity contribution in [3.8, 4) is 0 Å². The van der Waals surface area contributed by atoms with Gasteiger partial charge in [-0.05, 0) is 38.5 Å². The molecule has 2 amide bonds. The number of carbonyl (C=O) groups is 1. The first-order valence-corrected chi connectivity index (χ1v) is 9.20. The molecule has 0 aliphatic rings. The second-order valence-electron chi connectivity index (χ2n) is 5.45. The van der Waals surface area contributed by atoms with Crippen LogP contribution in [0, 0.1) is 5.82 Å². The van der Waals surface area contributed by atoms with Gasteiger partial charge in [-0.3, -0.25) is 0 Å². The predicted octanol–water partition coefficient (Wildman–Crippen LogP) is 2.35. The number of sulfone groups is 1. The number of halogens is 1. The number of amides is 2. The Bertz CT molecular complexity index is 602. The van der Waals surface area contributed by atoms with Crippen LogP contribution in [0.15, 0.2) is 24.3 Å². The summed E-state index contributed by atoms with van der Waals surface area (Å²) < 4.78 is 35.6. The van der Waals surface area contributed by atoms with Crippen molar-refractivity contribution >= 4 is 15.9 Å². The smallest absolute Gasteiger partial charge is 0.318 e. The molecule has 22 heavy (non-hydrogen) atoms. The van der Waals surface area contributed by atoms with Crippen LogP contribution in [0.3, 0.4) is 0 Å². The van der Waals surface area contributed by atoms with Crippen molar-refractivity contribution in [3.05, 3.63) is 35.6 Å². The number of benzene rings is 1. The van der Waals surface area contributed by atoms with E-state index in [1.807, 2.05) is 0 Å². The Labute approximate surface area is 131 Å². The number of hydrogen-bond acceptors (Lipinski definition) is 3. The zero-order valence-electron chi connectivity index (χ0n) is 13.3. The summed E-state index contributed by atoms with van der Waals surface area (Å²) in [4.78, 5) is 13.8. The van der Waals surface area contributed by atoms with E-state index in [4.69, 9.17) is 0 Å². The molecule has 0 heterocycles. The first kappa shape index (κ1) is 18.4. The van der Waals surface area contributed by atoms with E-state index in [9.17, 15) is 17.6 Å². The van der Waals surface area contributed by atoms with E-state index in [-0.39, 0.29) is 23.6 Å². The highest BCUT2D eigenvalue weighted by Crippen LogP contribution is 2.14. The molecule has 7 heteroatoms. The molecule has 0 spiro atoms. The summed E-state index contributed by atoms with van der Waals surface area (Å²) in [6, 6.07) is 4.83. The topological polar surface area (TPSA) is 66.5 Å². The van der Waals surface area contributed by atoms with E-state index in [0.717, 1.165) is 11.8 Å². The Morgan fingerprint density at radius 3 is 2.27 bits per heavy atom. The third-order valence-electron chi connectivity index (χ3n) is 3.39. The Morgan fingerprint density at radius 2 is 1.82 bits per heavy atom. The summed E-state index contributed by atoms with van der Waals surface area (Å²) in [6.07, 6.45) is 1.15. The molecule has 1 aromatic carbocycles.